The number of piperazine rings is 1. The van der Waals surface area contributed by atoms with Gasteiger partial charge in [-0.3, -0.25) is 14.5 Å². The Balaban J connectivity index is 1.85. The average molecular weight is 401 g/mol. The second-order valence-corrected chi connectivity index (χ2v) is 7.34. The molecule has 1 saturated heterocycles. The van der Waals surface area contributed by atoms with Gasteiger partial charge in [0.25, 0.3) is 0 Å². The van der Waals surface area contributed by atoms with Crippen LogP contribution < -0.4 is 5.32 Å². The highest BCUT2D eigenvalue weighted by molar-refractivity contribution is 6.42. The van der Waals surface area contributed by atoms with Gasteiger partial charge in [-0.2, -0.15) is 0 Å². The average Bonchev–Trinajstić information content (AvgIpc) is 2.63. The van der Waals surface area contributed by atoms with Crippen LogP contribution in [0.5, 0.6) is 0 Å². The molecule has 0 aromatic heterocycles. The first-order valence-corrected chi connectivity index (χ1v) is 9.53. The second-order valence-electron chi connectivity index (χ2n) is 6.53. The van der Waals surface area contributed by atoms with E-state index in [2.05, 4.69) is 17.1 Å². The standard InChI is InChI=1S/C18H26Cl2N4O2/c1-4-23-7-9-24(10-8-23)18(26)13(2)22(3)12-17(25)21-14-5-6-15(19)16(20)11-14/h5-6,11,13H,4,7-10,12H2,1-3H3,(H,21,25)/t13-/m0/s1. The van der Waals surface area contributed by atoms with Gasteiger partial charge in [0, 0.05) is 31.9 Å². The topological polar surface area (TPSA) is 55.9 Å². The fraction of sp³-hybridized carbons (Fsp3) is 0.556. The Morgan fingerprint density at radius 2 is 1.85 bits per heavy atom. The molecule has 0 radical (unpaired) electrons. The number of rotatable bonds is 6. The van der Waals surface area contributed by atoms with Crippen molar-refractivity contribution in [2.75, 3.05) is 51.6 Å². The van der Waals surface area contributed by atoms with Crippen LogP contribution in [-0.2, 0) is 9.59 Å². The Bertz CT molecular complexity index is 648. The van der Waals surface area contributed by atoms with E-state index in [1.807, 2.05) is 11.8 Å². The molecule has 26 heavy (non-hydrogen) atoms. The monoisotopic (exact) mass is 400 g/mol. The number of carbonyl (C=O) groups excluding carboxylic acids is 2. The van der Waals surface area contributed by atoms with Gasteiger partial charge in [-0.1, -0.05) is 30.1 Å². The number of likely N-dealkylation sites (N-methyl/N-ethyl adjacent to an activating group) is 2. The quantitative estimate of drug-likeness (QED) is 0.796. The third kappa shape index (κ3) is 5.58. The fourth-order valence-electron chi connectivity index (χ4n) is 2.88. The predicted octanol–water partition coefficient (Wildman–Crippen LogP) is 2.42. The molecule has 0 bridgehead atoms. The maximum atomic E-state index is 12.7. The molecule has 2 amide bonds. The molecule has 6 nitrogen and oxygen atoms in total. The van der Waals surface area contributed by atoms with Crippen LogP contribution in [0.1, 0.15) is 13.8 Å². The molecule has 8 heteroatoms. The van der Waals surface area contributed by atoms with Crippen LogP contribution >= 0.6 is 23.2 Å². The van der Waals surface area contributed by atoms with Crippen LogP contribution in [0, 0.1) is 0 Å². The fourth-order valence-corrected chi connectivity index (χ4v) is 3.17. The number of halogens is 2. The van der Waals surface area contributed by atoms with Gasteiger partial charge in [0.2, 0.25) is 11.8 Å². The smallest absolute Gasteiger partial charge is 0.239 e. The van der Waals surface area contributed by atoms with Gasteiger partial charge in [-0.05, 0) is 38.7 Å². The normalized spacial score (nSPS) is 16.6. The van der Waals surface area contributed by atoms with Crippen LogP contribution in [0.2, 0.25) is 10.0 Å². The minimum absolute atomic E-state index is 0.0607. The molecular weight excluding hydrogens is 375 g/mol. The van der Waals surface area contributed by atoms with Crippen LogP contribution in [0.15, 0.2) is 18.2 Å². The molecule has 0 unspecified atom stereocenters. The van der Waals surface area contributed by atoms with Crippen molar-refractivity contribution in [1.82, 2.24) is 14.7 Å². The summed E-state index contributed by atoms with van der Waals surface area (Å²) < 4.78 is 0. The first-order chi connectivity index (χ1) is 12.3. The van der Waals surface area contributed by atoms with Crippen LogP contribution in [0.25, 0.3) is 0 Å². The molecule has 144 valence electrons. The van der Waals surface area contributed by atoms with Gasteiger partial charge in [0.05, 0.1) is 22.6 Å². The molecule has 1 aromatic rings. The summed E-state index contributed by atoms with van der Waals surface area (Å²) in [5, 5.41) is 3.59. The van der Waals surface area contributed by atoms with Crippen molar-refractivity contribution < 1.29 is 9.59 Å². The van der Waals surface area contributed by atoms with E-state index in [9.17, 15) is 9.59 Å². The zero-order valence-corrected chi connectivity index (χ0v) is 17.0. The van der Waals surface area contributed by atoms with Crippen molar-refractivity contribution in [3.05, 3.63) is 28.2 Å². The number of hydrogen-bond acceptors (Lipinski definition) is 4. The Kier molecular flexibility index (Phi) is 7.70. The zero-order valence-electron chi connectivity index (χ0n) is 15.5. The molecule has 1 aliphatic rings. The summed E-state index contributed by atoms with van der Waals surface area (Å²) in [7, 11) is 1.78. The number of anilines is 1. The molecule has 0 saturated carbocycles. The van der Waals surface area contributed by atoms with Crippen LogP contribution in [-0.4, -0.2) is 78.9 Å². The highest BCUT2D eigenvalue weighted by Crippen LogP contribution is 2.24. The molecule has 0 spiro atoms. The Morgan fingerprint density at radius 1 is 1.19 bits per heavy atom. The molecule has 1 aromatic carbocycles. The zero-order chi connectivity index (χ0) is 19.3. The molecule has 1 atom stereocenters. The minimum Gasteiger partial charge on any atom is -0.339 e. The largest absolute Gasteiger partial charge is 0.339 e. The van der Waals surface area contributed by atoms with E-state index < -0.39 is 0 Å². The lowest BCUT2D eigenvalue weighted by Gasteiger charge is -2.36. The van der Waals surface area contributed by atoms with Crippen LogP contribution in [0.3, 0.4) is 0 Å². The van der Waals surface area contributed by atoms with Gasteiger partial charge in [0.1, 0.15) is 0 Å². The summed E-state index contributed by atoms with van der Waals surface area (Å²) in [6, 6.07) is 4.56. The number of nitrogens with one attached hydrogen (secondary N) is 1. The maximum absolute atomic E-state index is 12.7. The third-order valence-electron chi connectivity index (χ3n) is 4.75. The second kappa shape index (κ2) is 9.55. The van der Waals surface area contributed by atoms with E-state index in [-0.39, 0.29) is 24.4 Å². The van der Waals surface area contributed by atoms with E-state index in [0.29, 0.717) is 15.7 Å². The highest BCUT2D eigenvalue weighted by atomic mass is 35.5. The van der Waals surface area contributed by atoms with E-state index in [1.54, 1.807) is 30.1 Å². The number of nitrogens with zero attached hydrogens (tertiary/aromatic N) is 3. The van der Waals surface area contributed by atoms with E-state index in [0.717, 1.165) is 32.7 Å². The van der Waals surface area contributed by atoms with Crippen molar-refractivity contribution >= 4 is 40.7 Å². The predicted molar refractivity (Wildman–Crippen MR) is 106 cm³/mol. The Hall–Kier alpha value is -1.34. The SMILES string of the molecule is CCN1CCN(C(=O)[C@H](C)N(C)CC(=O)Nc2ccc(Cl)c(Cl)c2)CC1. The van der Waals surface area contributed by atoms with Gasteiger partial charge in [-0.15, -0.1) is 0 Å². The van der Waals surface area contributed by atoms with E-state index >= 15 is 0 Å². The summed E-state index contributed by atoms with van der Waals surface area (Å²) >= 11 is 11.8. The first-order valence-electron chi connectivity index (χ1n) is 8.78. The van der Waals surface area contributed by atoms with Crippen molar-refractivity contribution in [2.45, 2.75) is 19.9 Å². The van der Waals surface area contributed by atoms with E-state index in [4.69, 9.17) is 23.2 Å². The Morgan fingerprint density at radius 3 is 2.42 bits per heavy atom. The summed E-state index contributed by atoms with van der Waals surface area (Å²) in [5.74, 6) is -0.146. The number of benzene rings is 1. The van der Waals surface area contributed by atoms with Gasteiger partial charge in [0.15, 0.2) is 0 Å². The number of amides is 2. The Labute approximate surface area is 165 Å². The highest BCUT2D eigenvalue weighted by Gasteiger charge is 2.27. The summed E-state index contributed by atoms with van der Waals surface area (Å²) in [5.41, 5.74) is 0.576. The minimum atomic E-state index is -0.359. The van der Waals surface area contributed by atoms with Gasteiger partial charge in [-0.25, -0.2) is 0 Å². The lowest BCUT2D eigenvalue weighted by atomic mass is 10.2. The van der Waals surface area contributed by atoms with Gasteiger partial charge < -0.3 is 15.1 Å². The lowest BCUT2D eigenvalue weighted by Crippen LogP contribution is -2.54. The van der Waals surface area contributed by atoms with Crippen molar-refractivity contribution in [3.63, 3.8) is 0 Å². The molecule has 0 aliphatic carbocycles. The van der Waals surface area contributed by atoms with Crippen molar-refractivity contribution in [2.24, 2.45) is 0 Å². The maximum Gasteiger partial charge on any atom is 0.239 e. The third-order valence-corrected chi connectivity index (χ3v) is 5.49. The molecule has 1 N–H and O–H groups in total. The van der Waals surface area contributed by atoms with E-state index in [1.165, 1.54) is 0 Å². The molecule has 1 aliphatic heterocycles. The summed E-state index contributed by atoms with van der Waals surface area (Å²) in [6.45, 7) is 8.35. The number of carbonyl (C=O) groups is 2. The van der Waals surface area contributed by atoms with Crippen molar-refractivity contribution in [3.8, 4) is 0 Å². The summed E-state index contributed by atoms with van der Waals surface area (Å²) in [6.07, 6.45) is 0. The van der Waals surface area contributed by atoms with Crippen LogP contribution in [0.4, 0.5) is 5.69 Å². The molecule has 2 rings (SSSR count). The summed E-state index contributed by atoms with van der Waals surface area (Å²) in [4.78, 5) is 30.9. The molecule has 1 fully saturated rings. The first kappa shape index (κ1) is 21.0. The molecule has 1 heterocycles. The molecular formula is C18H26Cl2N4O2. The van der Waals surface area contributed by atoms with Gasteiger partial charge >= 0.3 is 0 Å². The lowest BCUT2D eigenvalue weighted by molar-refractivity contribution is -0.138. The number of hydrogen-bond donors (Lipinski definition) is 1. The van der Waals surface area contributed by atoms with Crippen molar-refractivity contribution in [1.29, 1.82) is 0 Å².